The van der Waals surface area contributed by atoms with Crippen molar-refractivity contribution in [2.24, 2.45) is 0 Å². The van der Waals surface area contributed by atoms with E-state index >= 15 is 0 Å². The highest BCUT2D eigenvalue weighted by atomic mass is 32.3. The summed E-state index contributed by atoms with van der Waals surface area (Å²) in [7, 11) is -5.07. The topological polar surface area (TPSA) is 192 Å². The first-order chi connectivity index (χ1) is 26.0. The lowest BCUT2D eigenvalue weighted by Gasteiger charge is -2.41. The zero-order valence-electron chi connectivity index (χ0n) is 34.1. The molecular formula is C41H81NO11S. The number of unbranched alkanes of at least 4 members (excludes halogenated alkanes) is 25. The van der Waals surface area contributed by atoms with Crippen LogP contribution in [0.2, 0.25) is 0 Å². The normalized spacial score (nSPS) is 21.6. The summed E-state index contributed by atoms with van der Waals surface area (Å²) in [5.74, 6) is -0.229. The number of aliphatic hydroxyl groups excluding tert-OH is 4. The molecule has 1 aliphatic heterocycles. The van der Waals surface area contributed by atoms with Gasteiger partial charge in [-0.15, -0.1) is 0 Å². The summed E-state index contributed by atoms with van der Waals surface area (Å²) in [6.07, 6.45) is 24.1. The molecule has 1 amide bonds. The summed E-state index contributed by atoms with van der Waals surface area (Å²) in [5, 5.41) is 44.6. The van der Waals surface area contributed by atoms with Crippen LogP contribution in [0.4, 0.5) is 0 Å². The first-order valence-electron chi connectivity index (χ1n) is 21.9. The molecule has 0 aliphatic carbocycles. The van der Waals surface area contributed by atoms with Crippen LogP contribution in [-0.2, 0) is 28.9 Å². The number of nitrogens with one attached hydrogen (secondary N) is 1. The highest BCUT2D eigenvalue weighted by molar-refractivity contribution is 7.80. The molecule has 7 unspecified atom stereocenters. The Hall–Kier alpha value is -0.900. The number of ether oxygens (including phenoxy) is 2. The van der Waals surface area contributed by atoms with Gasteiger partial charge in [0.1, 0.15) is 24.4 Å². The average molecular weight is 796 g/mol. The summed E-state index contributed by atoms with van der Waals surface area (Å²) in [4.78, 5) is 13.0. The molecule has 7 atom stereocenters. The number of carbonyl (C=O) groups excluding carboxylic acids is 1. The second-order valence-corrected chi connectivity index (χ2v) is 16.7. The van der Waals surface area contributed by atoms with Gasteiger partial charge in [0.05, 0.1) is 25.4 Å². The fourth-order valence-corrected chi connectivity index (χ4v) is 7.73. The van der Waals surface area contributed by atoms with Gasteiger partial charge in [-0.25, -0.2) is 4.18 Å². The van der Waals surface area contributed by atoms with E-state index in [1.165, 1.54) is 122 Å². The molecule has 12 nitrogen and oxygen atoms in total. The van der Waals surface area contributed by atoms with E-state index in [2.05, 4.69) is 23.3 Å². The Labute approximate surface area is 328 Å². The molecule has 13 heteroatoms. The van der Waals surface area contributed by atoms with Crippen molar-refractivity contribution < 1.29 is 51.8 Å². The van der Waals surface area contributed by atoms with Gasteiger partial charge in [0.15, 0.2) is 6.29 Å². The quantitative estimate of drug-likeness (QED) is 0.0265. The van der Waals surface area contributed by atoms with Crippen LogP contribution >= 0.6 is 0 Å². The zero-order valence-corrected chi connectivity index (χ0v) is 34.9. The Bertz CT molecular complexity index is 988. The minimum Gasteiger partial charge on any atom is -0.394 e. The van der Waals surface area contributed by atoms with E-state index < -0.39 is 59.9 Å². The number of carbonyl (C=O) groups is 1. The van der Waals surface area contributed by atoms with Gasteiger partial charge in [0.2, 0.25) is 5.91 Å². The van der Waals surface area contributed by atoms with Gasteiger partial charge >= 0.3 is 10.4 Å². The van der Waals surface area contributed by atoms with Gasteiger partial charge in [-0.2, -0.15) is 8.42 Å². The van der Waals surface area contributed by atoms with Crippen molar-refractivity contribution in [3.8, 4) is 0 Å². The van der Waals surface area contributed by atoms with Gasteiger partial charge in [0.25, 0.3) is 0 Å². The third-order valence-corrected chi connectivity index (χ3v) is 11.1. The Morgan fingerprint density at radius 1 is 0.667 bits per heavy atom. The Balaban J connectivity index is 2.45. The van der Waals surface area contributed by atoms with Crippen LogP contribution in [-0.4, -0.2) is 95.4 Å². The Morgan fingerprint density at radius 3 is 1.48 bits per heavy atom. The maximum atomic E-state index is 13.0. The van der Waals surface area contributed by atoms with E-state index in [4.69, 9.17) is 14.0 Å². The highest BCUT2D eigenvalue weighted by Gasteiger charge is 2.48. The van der Waals surface area contributed by atoms with Crippen LogP contribution in [0, 0.1) is 0 Å². The molecule has 0 radical (unpaired) electrons. The largest absolute Gasteiger partial charge is 0.397 e. The van der Waals surface area contributed by atoms with E-state index in [1.807, 2.05) is 0 Å². The van der Waals surface area contributed by atoms with Gasteiger partial charge < -0.3 is 35.2 Å². The van der Waals surface area contributed by atoms with Gasteiger partial charge in [0, 0.05) is 6.42 Å². The predicted octanol–water partition coefficient (Wildman–Crippen LogP) is 7.83. The lowest BCUT2D eigenvalue weighted by Crippen LogP contribution is -2.61. The van der Waals surface area contributed by atoms with Crippen LogP contribution in [0.3, 0.4) is 0 Å². The van der Waals surface area contributed by atoms with Crippen LogP contribution in [0.5, 0.6) is 0 Å². The molecule has 1 rings (SSSR count). The smallest absolute Gasteiger partial charge is 0.394 e. The number of amides is 1. The van der Waals surface area contributed by atoms with Crippen molar-refractivity contribution in [1.82, 2.24) is 5.32 Å². The van der Waals surface area contributed by atoms with Crippen molar-refractivity contribution >= 4 is 16.3 Å². The van der Waals surface area contributed by atoms with Gasteiger partial charge in [-0.3, -0.25) is 9.35 Å². The molecule has 1 aliphatic rings. The SMILES string of the molecule is CCCCCCCCCCCCCCCCCCCCC(=O)NC(COC1OC(CO)C(O)C(OS(=O)(=O)O)C1O)C(O)CCCCCCCCCCC. The molecule has 0 saturated carbocycles. The van der Waals surface area contributed by atoms with Crippen LogP contribution in [0.1, 0.15) is 200 Å². The lowest BCUT2D eigenvalue weighted by molar-refractivity contribution is -0.298. The molecule has 1 saturated heterocycles. The second-order valence-electron chi connectivity index (χ2n) is 15.6. The minimum atomic E-state index is -5.07. The Morgan fingerprint density at radius 2 is 1.07 bits per heavy atom. The molecule has 1 heterocycles. The molecule has 0 bridgehead atoms. The highest BCUT2D eigenvalue weighted by Crippen LogP contribution is 2.26. The number of aliphatic hydroxyl groups is 4. The molecule has 6 N–H and O–H groups in total. The van der Waals surface area contributed by atoms with Crippen molar-refractivity contribution in [1.29, 1.82) is 0 Å². The summed E-state index contributed by atoms with van der Waals surface area (Å²) >= 11 is 0. The summed E-state index contributed by atoms with van der Waals surface area (Å²) in [6, 6.07) is -0.849. The third kappa shape index (κ3) is 26.1. The first kappa shape index (κ1) is 51.1. The lowest BCUT2D eigenvalue weighted by atomic mass is 9.99. The second kappa shape index (κ2) is 33.1. The van der Waals surface area contributed by atoms with E-state index in [0.29, 0.717) is 12.8 Å². The van der Waals surface area contributed by atoms with E-state index in [1.54, 1.807) is 0 Å². The minimum absolute atomic E-state index is 0.229. The summed E-state index contributed by atoms with van der Waals surface area (Å²) in [6.45, 7) is 3.42. The fourth-order valence-electron chi connectivity index (χ4n) is 7.22. The standard InChI is InChI=1S/C41H81NO11S/c1-3-5-7-9-11-13-14-15-16-17-18-19-20-21-23-25-27-29-31-37(45)42-34(35(44)30-28-26-24-22-12-10-8-6-4-2)33-51-41-39(47)40(53-54(48,49)50)38(46)36(32-43)52-41/h34-36,38-41,43-44,46-47H,3-33H2,1-2H3,(H,42,45)(H,48,49,50). The molecule has 0 spiro atoms. The maximum Gasteiger partial charge on any atom is 0.397 e. The molecule has 54 heavy (non-hydrogen) atoms. The number of hydrogen-bond acceptors (Lipinski definition) is 10. The fraction of sp³-hybridized carbons (Fsp3) is 0.976. The van der Waals surface area contributed by atoms with Gasteiger partial charge in [-0.1, -0.05) is 181 Å². The zero-order chi connectivity index (χ0) is 39.9. The molecular weight excluding hydrogens is 715 g/mol. The van der Waals surface area contributed by atoms with Crippen molar-refractivity contribution in [2.75, 3.05) is 13.2 Å². The van der Waals surface area contributed by atoms with Crippen LogP contribution < -0.4 is 5.32 Å². The molecule has 0 aromatic rings. The molecule has 0 aromatic carbocycles. The molecule has 1 fully saturated rings. The van der Waals surface area contributed by atoms with Crippen molar-refractivity contribution in [2.45, 2.75) is 243 Å². The predicted molar refractivity (Wildman–Crippen MR) is 213 cm³/mol. The van der Waals surface area contributed by atoms with Crippen molar-refractivity contribution in [3.05, 3.63) is 0 Å². The third-order valence-electron chi connectivity index (χ3n) is 10.7. The van der Waals surface area contributed by atoms with Crippen LogP contribution in [0.15, 0.2) is 0 Å². The van der Waals surface area contributed by atoms with Gasteiger partial charge in [-0.05, 0) is 12.8 Å². The molecule has 322 valence electrons. The van der Waals surface area contributed by atoms with E-state index in [9.17, 15) is 33.6 Å². The molecule has 0 aromatic heterocycles. The maximum absolute atomic E-state index is 13.0. The van der Waals surface area contributed by atoms with Crippen molar-refractivity contribution in [3.63, 3.8) is 0 Å². The van der Waals surface area contributed by atoms with E-state index in [-0.39, 0.29) is 12.5 Å². The number of rotatable bonds is 37. The van der Waals surface area contributed by atoms with Crippen LogP contribution in [0.25, 0.3) is 0 Å². The summed E-state index contributed by atoms with van der Waals surface area (Å²) in [5.41, 5.74) is 0. The number of hydrogen-bond donors (Lipinski definition) is 6. The van der Waals surface area contributed by atoms with E-state index in [0.717, 1.165) is 51.4 Å². The summed E-state index contributed by atoms with van der Waals surface area (Å²) < 4.78 is 47.5. The Kier molecular flexibility index (Phi) is 31.3. The first-order valence-corrected chi connectivity index (χ1v) is 23.3. The monoisotopic (exact) mass is 796 g/mol. The average Bonchev–Trinajstić information content (AvgIpc) is 3.14.